The van der Waals surface area contributed by atoms with Crippen LogP contribution in [0.15, 0.2) is 4.47 Å². The standard InChI is InChI=1S/C13H21Br2N3/c1-3-18-12(13(15)10(2)16-18)9-17-6-4-5-11(7-14)8-17/h11H,3-9H2,1-2H3. The minimum Gasteiger partial charge on any atom is -0.297 e. The molecule has 0 spiro atoms. The summed E-state index contributed by atoms with van der Waals surface area (Å²) in [5.74, 6) is 0.802. The van der Waals surface area contributed by atoms with E-state index in [1.54, 1.807) is 0 Å². The van der Waals surface area contributed by atoms with Gasteiger partial charge in [-0.3, -0.25) is 9.58 Å². The fourth-order valence-electron chi connectivity index (χ4n) is 2.65. The molecule has 0 N–H and O–H groups in total. The zero-order chi connectivity index (χ0) is 13.1. The molecule has 0 aliphatic carbocycles. The Hall–Kier alpha value is 0.130. The molecule has 0 saturated carbocycles. The summed E-state index contributed by atoms with van der Waals surface area (Å²) in [6.07, 6.45) is 2.67. The second-order valence-corrected chi connectivity index (χ2v) is 6.50. The number of piperidine rings is 1. The van der Waals surface area contributed by atoms with Crippen LogP contribution in [0.25, 0.3) is 0 Å². The van der Waals surface area contributed by atoms with E-state index in [9.17, 15) is 0 Å². The molecule has 18 heavy (non-hydrogen) atoms. The van der Waals surface area contributed by atoms with Crippen LogP contribution in [0.3, 0.4) is 0 Å². The maximum absolute atomic E-state index is 4.57. The van der Waals surface area contributed by atoms with Crippen molar-refractivity contribution in [3.8, 4) is 0 Å². The third-order valence-corrected chi connectivity index (χ3v) is 5.59. The van der Waals surface area contributed by atoms with Gasteiger partial charge in [-0.25, -0.2) is 0 Å². The molecular formula is C13H21Br2N3. The van der Waals surface area contributed by atoms with E-state index in [0.717, 1.165) is 30.0 Å². The van der Waals surface area contributed by atoms with Crippen molar-refractivity contribution < 1.29 is 0 Å². The third kappa shape index (κ3) is 3.17. The van der Waals surface area contributed by atoms with Crippen molar-refractivity contribution in [2.24, 2.45) is 5.92 Å². The van der Waals surface area contributed by atoms with Crippen molar-refractivity contribution in [2.45, 2.75) is 39.8 Å². The molecule has 2 rings (SSSR count). The number of rotatable bonds is 4. The van der Waals surface area contributed by atoms with Crippen molar-refractivity contribution in [1.82, 2.24) is 14.7 Å². The Bertz CT molecular complexity index is 403. The van der Waals surface area contributed by atoms with Gasteiger partial charge < -0.3 is 0 Å². The summed E-state index contributed by atoms with van der Waals surface area (Å²) in [5, 5.41) is 5.69. The van der Waals surface area contributed by atoms with E-state index in [2.05, 4.69) is 60.4 Å². The smallest absolute Gasteiger partial charge is 0.0739 e. The van der Waals surface area contributed by atoms with Crippen molar-refractivity contribution >= 4 is 31.9 Å². The molecule has 102 valence electrons. The van der Waals surface area contributed by atoms with Crippen LogP contribution in [0.4, 0.5) is 0 Å². The first-order valence-electron chi connectivity index (χ1n) is 6.65. The summed E-state index contributed by atoms with van der Waals surface area (Å²) < 4.78 is 3.31. The summed E-state index contributed by atoms with van der Waals surface area (Å²) in [7, 11) is 0. The Balaban J connectivity index is 2.08. The molecule has 2 heterocycles. The molecular weight excluding hydrogens is 358 g/mol. The Morgan fingerprint density at radius 3 is 2.89 bits per heavy atom. The average Bonchev–Trinajstić information content (AvgIpc) is 2.67. The summed E-state index contributed by atoms with van der Waals surface area (Å²) in [6.45, 7) is 8.59. The SMILES string of the molecule is CCn1nc(C)c(Br)c1CN1CCCC(CBr)C1. The van der Waals surface area contributed by atoms with Crippen LogP contribution in [0, 0.1) is 12.8 Å². The van der Waals surface area contributed by atoms with Gasteiger partial charge in [0.2, 0.25) is 0 Å². The maximum atomic E-state index is 4.57. The van der Waals surface area contributed by atoms with Crippen LogP contribution in [-0.4, -0.2) is 33.1 Å². The molecule has 1 aliphatic rings. The summed E-state index contributed by atoms with van der Waals surface area (Å²) in [5.41, 5.74) is 2.42. The number of aromatic nitrogens is 2. The molecule has 5 heteroatoms. The van der Waals surface area contributed by atoms with Crippen molar-refractivity contribution in [3.63, 3.8) is 0 Å². The van der Waals surface area contributed by atoms with Crippen LogP contribution in [0.2, 0.25) is 0 Å². The monoisotopic (exact) mass is 377 g/mol. The second kappa shape index (κ2) is 6.53. The molecule has 1 aromatic heterocycles. The number of hydrogen-bond acceptors (Lipinski definition) is 2. The normalized spacial score (nSPS) is 21.4. The Labute approximate surface area is 126 Å². The first-order valence-corrected chi connectivity index (χ1v) is 8.57. The van der Waals surface area contributed by atoms with Gasteiger partial charge in [0.1, 0.15) is 0 Å². The number of nitrogens with zero attached hydrogens (tertiary/aromatic N) is 3. The molecule has 0 aromatic carbocycles. The maximum Gasteiger partial charge on any atom is 0.0739 e. The molecule has 3 nitrogen and oxygen atoms in total. The van der Waals surface area contributed by atoms with E-state index in [0.29, 0.717) is 0 Å². The molecule has 1 aromatic rings. The van der Waals surface area contributed by atoms with E-state index in [4.69, 9.17) is 0 Å². The molecule has 1 unspecified atom stereocenters. The summed E-state index contributed by atoms with van der Waals surface area (Å²) in [4.78, 5) is 2.56. The lowest BCUT2D eigenvalue weighted by molar-refractivity contribution is 0.174. The highest BCUT2D eigenvalue weighted by atomic mass is 79.9. The summed E-state index contributed by atoms with van der Waals surface area (Å²) in [6, 6.07) is 0. The van der Waals surface area contributed by atoms with E-state index in [1.165, 1.54) is 36.1 Å². The van der Waals surface area contributed by atoms with Gasteiger partial charge in [-0.15, -0.1) is 0 Å². The lowest BCUT2D eigenvalue weighted by Crippen LogP contribution is -2.36. The van der Waals surface area contributed by atoms with E-state index in [1.807, 2.05) is 0 Å². The fourth-order valence-corrected chi connectivity index (χ4v) is 3.59. The number of likely N-dealkylation sites (tertiary alicyclic amines) is 1. The highest BCUT2D eigenvalue weighted by molar-refractivity contribution is 9.10. The quantitative estimate of drug-likeness (QED) is 0.746. The zero-order valence-corrected chi connectivity index (χ0v) is 14.3. The molecule has 0 amide bonds. The molecule has 1 atom stereocenters. The van der Waals surface area contributed by atoms with E-state index < -0.39 is 0 Å². The Morgan fingerprint density at radius 2 is 2.22 bits per heavy atom. The van der Waals surface area contributed by atoms with Gasteiger partial charge in [-0.1, -0.05) is 15.9 Å². The van der Waals surface area contributed by atoms with Crippen LogP contribution in [0.1, 0.15) is 31.2 Å². The van der Waals surface area contributed by atoms with Crippen LogP contribution in [0.5, 0.6) is 0 Å². The third-order valence-electron chi connectivity index (χ3n) is 3.65. The van der Waals surface area contributed by atoms with Crippen LogP contribution in [-0.2, 0) is 13.1 Å². The van der Waals surface area contributed by atoms with Gasteiger partial charge in [-0.05, 0) is 55.1 Å². The largest absolute Gasteiger partial charge is 0.297 e. The minimum atomic E-state index is 0.802. The Morgan fingerprint density at radius 1 is 1.44 bits per heavy atom. The fraction of sp³-hybridized carbons (Fsp3) is 0.769. The average molecular weight is 379 g/mol. The van der Waals surface area contributed by atoms with Crippen molar-refractivity contribution in [2.75, 3.05) is 18.4 Å². The van der Waals surface area contributed by atoms with Gasteiger partial charge in [0, 0.05) is 25.0 Å². The van der Waals surface area contributed by atoms with E-state index in [-0.39, 0.29) is 0 Å². The number of hydrogen-bond donors (Lipinski definition) is 0. The second-order valence-electron chi connectivity index (χ2n) is 5.06. The van der Waals surface area contributed by atoms with Crippen molar-refractivity contribution in [1.29, 1.82) is 0 Å². The lowest BCUT2D eigenvalue weighted by Gasteiger charge is -2.31. The highest BCUT2D eigenvalue weighted by Crippen LogP contribution is 2.25. The number of halogens is 2. The molecule has 0 radical (unpaired) electrons. The number of aryl methyl sites for hydroxylation is 2. The Kier molecular flexibility index (Phi) is 5.27. The predicted molar refractivity (Wildman–Crippen MR) is 82.1 cm³/mol. The topological polar surface area (TPSA) is 21.1 Å². The molecule has 1 fully saturated rings. The number of alkyl halides is 1. The summed E-state index contributed by atoms with van der Waals surface area (Å²) >= 11 is 7.30. The van der Waals surface area contributed by atoms with Gasteiger partial charge in [0.25, 0.3) is 0 Å². The van der Waals surface area contributed by atoms with Crippen LogP contribution >= 0.6 is 31.9 Å². The van der Waals surface area contributed by atoms with Crippen LogP contribution < -0.4 is 0 Å². The van der Waals surface area contributed by atoms with Gasteiger partial charge in [0.15, 0.2) is 0 Å². The first-order chi connectivity index (χ1) is 8.65. The highest BCUT2D eigenvalue weighted by Gasteiger charge is 2.21. The van der Waals surface area contributed by atoms with Gasteiger partial charge in [0.05, 0.1) is 15.9 Å². The van der Waals surface area contributed by atoms with Crippen molar-refractivity contribution in [3.05, 3.63) is 15.9 Å². The first kappa shape index (κ1) is 14.5. The molecule has 1 aliphatic heterocycles. The van der Waals surface area contributed by atoms with E-state index >= 15 is 0 Å². The predicted octanol–water partition coefficient (Wildman–Crippen LogP) is 3.58. The molecule has 0 bridgehead atoms. The lowest BCUT2D eigenvalue weighted by atomic mass is 10.0. The molecule has 1 saturated heterocycles. The van der Waals surface area contributed by atoms with Gasteiger partial charge >= 0.3 is 0 Å². The van der Waals surface area contributed by atoms with Gasteiger partial charge in [-0.2, -0.15) is 5.10 Å². The zero-order valence-electron chi connectivity index (χ0n) is 11.1. The minimum absolute atomic E-state index is 0.802.